The predicted molar refractivity (Wildman–Crippen MR) is 64.0 cm³/mol. The molecule has 8 heteroatoms. The lowest BCUT2D eigenvalue weighted by Gasteiger charge is -1.99. The standard InChI is InChI=1S/C6H9O5P.C4H6O2/c1-5(2)6(7)10-3-4-11-12(8)9;1-3(2)4(5)6/h1,3-4H2,2H3;1H2,2H3,(H,5,6)/p+1. The van der Waals surface area contributed by atoms with Crippen molar-refractivity contribution in [2.75, 3.05) is 13.2 Å². The number of hydrogen-bond donors (Lipinski definition) is 2. The number of ether oxygens (including phenoxy) is 1. The summed E-state index contributed by atoms with van der Waals surface area (Å²) in [6.45, 7) is 9.32. The minimum absolute atomic E-state index is 0.0483. The molecule has 0 aliphatic carbocycles. The number of carbonyl (C=O) groups is 2. The van der Waals surface area contributed by atoms with E-state index in [1.165, 1.54) is 13.8 Å². The highest BCUT2D eigenvalue weighted by Gasteiger charge is 2.11. The van der Waals surface area contributed by atoms with E-state index in [0.29, 0.717) is 0 Å². The molecule has 0 saturated heterocycles. The van der Waals surface area contributed by atoms with Gasteiger partial charge in [-0.3, -0.25) is 0 Å². The molecule has 0 fully saturated rings. The zero-order valence-corrected chi connectivity index (χ0v) is 11.1. The summed E-state index contributed by atoms with van der Waals surface area (Å²) in [5.41, 5.74) is 0.457. The summed E-state index contributed by atoms with van der Waals surface area (Å²) in [5.74, 6) is -1.47. The van der Waals surface area contributed by atoms with Crippen molar-refractivity contribution in [3.8, 4) is 0 Å². The first-order chi connectivity index (χ1) is 8.18. The normalized spacial score (nSPS) is 9.61. The summed E-state index contributed by atoms with van der Waals surface area (Å²) in [6, 6.07) is 0. The molecule has 0 aromatic carbocycles. The molecule has 0 aromatic rings. The molecule has 102 valence electrons. The van der Waals surface area contributed by atoms with Gasteiger partial charge in [-0.05, 0) is 13.8 Å². The van der Waals surface area contributed by atoms with E-state index >= 15 is 0 Å². The zero-order valence-electron chi connectivity index (χ0n) is 10.2. The molecule has 18 heavy (non-hydrogen) atoms. The number of hydrogen-bond acceptors (Lipinski definition) is 5. The Morgan fingerprint density at radius 1 is 1.17 bits per heavy atom. The van der Waals surface area contributed by atoms with Crippen molar-refractivity contribution in [1.29, 1.82) is 0 Å². The Kier molecular flexibility index (Phi) is 11.1. The summed E-state index contributed by atoms with van der Waals surface area (Å²) in [4.78, 5) is 28.4. The van der Waals surface area contributed by atoms with Crippen LogP contribution in [-0.2, 0) is 23.4 Å². The van der Waals surface area contributed by atoms with E-state index in [1.54, 1.807) is 0 Å². The molecule has 0 bridgehead atoms. The lowest BCUT2D eigenvalue weighted by atomic mass is 10.4. The van der Waals surface area contributed by atoms with Gasteiger partial charge in [0, 0.05) is 15.7 Å². The van der Waals surface area contributed by atoms with E-state index in [9.17, 15) is 14.2 Å². The van der Waals surface area contributed by atoms with Crippen molar-refractivity contribution in [3.63, 3.8) is 0 Å². The van der Waals surface area contributed by atoms with Crippen LogP contribution in [0.4, 0.5) is 0 Å². The molecule has 0 aliphatic heterocycles. The molecule has 2 N–H and O–H groups in total. The lowest BCUT2D eigenvalue weighted by molar-refractivity contribution is -0.139. The molecular weight excluding hydrogens is 263 g/mol. The Bertz CT molecular complexity index is 336. The average Bonchev–Trinajstić information content (AvgIpc) is 2.24. The van der Waals surface area contributed by atoms with Gasteiger partial charge in [0.05, 0.1) is 0 Å². The van der Waals surface area contributed by atoms with E-state index in [0.717, 1.165) is 0 Å². The molecule has 0 rings (SSSR count). The van der Waals surface area contributed by atoms with Gasteiger partial charge in [-0.15, -0.1) is 9.42 Å². The highest BCUT2D eigenvalue weighted by Crippen LogP contribution is 2.13. The number of esters is 1. The second-order valence-electron chi connectivity index (χ2n) is 3.07. The Labute approximate surface area is 106 Å². The molecule has 1 unspecified atom stereocenters. The fraction of sp³-hybridized carbons (Fsp3) is 0.400. The first-order valence-corrected chi connectivity index (χ1v) is 5.82. The lowest BCUT2D eigenvalue weighted by Crippen LogP contribution is -2.09. The van der Waals surface area contributed by atoms with Gasteiger partial charge in [-0.2, -0.15) is 0 Å². The maximum atomic E-state index is 10.7. The van der Waals surface area contributed by atoms with Crippen LogP contribution in [0.25, 0.3) is 0 Å². The Balaban J connectivity index is 0. The van der Waals surface area contributed by atoms with Crippen molar-refractivity contribution in [3.05, 3.63) is 24.3 Å². The van der Waals surface area contributed by atoms with E-state index in [-0.39, 0.29) is 24.4 Å². The van der Waals surface area contributed by atoms with Crippen molar-refractivity contribution in [2.45, 2.75) is 13.8 Å². The smallest absolute Gasteiger partial charge is 0.478 e. The third-order valence-corrected chi connectivity index (χ3v) is 1.64. The molecule has 0 spiro atoms. The third-order valence-electron chi connectivity index (χ3n) is 1.23. The fourth-order valence-corrected chi connectivity index (χ4v) is 0.604. The number of carbonyl (C=O) groups excluding carboxylic acids is 1. The molecule has 0 amide bonds. The molecule has 0 heterocycles. The maximum Gasteiger partial charge on any atom is 0.694 e. The van der Waals surface area contributed by atoms with Gasteiger partial charge in [0.2, 0.25) is 0 Å². The predicted octanol–water partition coefficient (Wildman–Crippen LogP) is 1.42. The van der Waals surface area contributed by atoms with Gasteiger partial charge < -0.3 is 9.84 Å². The van der Waals surface area contributed by atoms with Crippen LogP contribution >= 0.6 is 8.25 Å². The SMILES string of the molecule is C=C(C)C(=O)O.C=C(C)C(=O)OCCO[P+](=O)O. The van der Waals surface area contributed by atoms with E-state index in [1.807, 2.05) is 0 Å². The van der Waals surface area contributed by atoms with E-state index in [2.05, 4.69) is 22.4 Å². The highest BCUT2D eigenvalue weighted by molar-refractivity contribution is 7.32. The number of carboxylic acid groups (broad SMARTS) is 1. The molecule has 7 nitrogen and oxygen atoms in total. The Morgan fingerprint density at radius 2 is 1.61 bits per heavy atom. The summed E-state index contributed by atoms with van der Waals surface area (Å²) in [5, 5.41) is 7.89. The largest absolute Gasteiger partial charge is 0.694 e. The minimum atomic E-state index is -2.61. The summed E-state index contributed by atoms with van der Waals surface area (Å²) >= 11 is 0. The van der Waals surface area contributed by atoms with Gasteiger partial charge in [-0.25, -0.2) is 9.59 Å². The Hall–Kier alpha value is -1.56. The number of rotatable bonds is 6. The quantitative estimate of drug-likeness (QED) is 0.327. The Morgan fingerprint density at radius 3 is 1.89 bits per heavy atom. The monoisotopic (exact) mass is 279 g/mol. The van der Waals surface area contributed by atoms with Gasteiger partial charge in [-0.1, -0.05) is 13.2 Å². The van der Waals surface area contributed by atoms with Crippen LogP contribution in [0, 0.1) is 0 Å². The topological polar surface area (TPSA) is 110 Å². The minimum Gasteiger partial charge on any atom is -0.478 e. The van der Waals surface area contributed by atoms with Crippen LogP contribution in [0.15, 0.2) is 24.3 Å². The summed E-state index contributed by atoms with van der Waals surface area (Å²) < 4.78 is 18.7. The first-order valence-electron chi connectivity index (χ1n) is 4.69. The molecule has 0 aromatic heterocycles. The van der Waals surface area contributed by atoms with Crippen LogP contribution < -0.4 is 0 Å². The zero-order chi connectivity index (χ0) is 14.7. The van der Waals surface area contributed by atoms with Crippen LogP contribution in [0.1, 0.15) is 13.8 Å². The van der Waals surface area contributed by atoms with Crippen LogP contribution in [0.3, 0.4) is 0 Å². The number of aliphatic carboxylic acids is 1. The number of carboxylic acids is 1. The van der Waals surface area contributed by atoms with Gasteiger partial charge in [0.25, 0.3) is 0 Å². The fourth-order valence-electron chi connectivity index (χ4n) is 0.373. The summed E-state index contributed by atoms with van der Waals surface area (Å²) in [6.07, 6.45) is 0. The van der Waals surface area contributed by atoms with Crippen LogP contribution in [0.5, 0.6) is 0 Å². The highest BCUT2D eigenvalue weighted by atomic mass is 31.1. The molecular formula is C10H16O7P+. The average molecular weight is 279 g/mol. The maximum absolute atomic E-state index is 10.7. The van der Waals surface area contributed by atoms with Crippen molar-refractivity contribution in [1.82, 2.24) is 0 Å². The second kappa shape index (κ2) is 10.6. The van der Waals surface area contributed by atoms with Crippen molar-refractivity contribution >= 4 is 20.2 Å². The van der Waals surface area contributed by atoms with Crippen LogP contribution in [-0.4, -0.2) is 35.2 Å². The molecule has 0 radical (unpaired) electrons. The summed E-state index contributed by atoms with van der Waals surface area (Å²) in [7, 11) is -2.61. The second-order valence-corrected chi connectivity index (χ2v) is 3.81. The molecule has 0 aliphatic rings. The third kappa shape index (κ3) is 14.4. The van der Waals surface area contributed by atoms with Crippen molar-refractivity contribution in [2.24, 2.45) is 0 Å². The van der Waals surface area contributed by atoms with Gasteiger partial charge in [0.15, 0.2) is 0 Å². The van der Waals surface area contributed by atoms with Crippen LogP contribution in [0.2, 0.25) is 0 Å². The van der Waals surface area contributed by atoms with E-state index < -0.39 is 20.2 Å². The van der Waals surface area contributed by atoms with E-state index in [4.69, 9.17) is 10.00 Å². The molecule has 0 saturated carbocycles. The van der Waals surface area contributed by atoms with Gasteiger partial charge in [0.1, 0.15) is 13.2 Å². The first kappa shape index (κ1) is 18.8. The van der Waals surface area contributed by atoms with Gasteiger partial charge >= 0.3 is 20.2 Å². The molecule has 1 atom stereocenters. The van der Waals surface area contributed by atoms with Crippen molar-refractivity contribution < 1.29 is 33.4 Å².